The van der Waals surface area contributed by atoms with Crippen LogP contribution in [0, 0.1) is 11.8 Å². The molecule has 1 amide bonds. The Morgan fingerprint density at radius 2 is 2.06 bits per heavy atom. The summed E-state index contributed by atoms with van der Waals surface area (Å²) in [7, 11) is -3.51. The minimum absolute atomic E-state index is 0.127. The lowest BCUT2D eigenvalue weighted by Crippen LogP contribution is -2.41. The highest BCUT2D eigenvalue weighted by Gasteiger charge is 2.34. The quantitative estimate of drug-likeness (QED) is 0.744. The Kier molecular flexibility index (Phi) is 4.32. The van der Waals surface area contributed by atoms with Crippen LogP contribution >= 0.6 is 0 Å². The second-order valence-electron chi connectivity index (χ2n) is 4.59. The molecule has 0 spiro atoms. The first kappa shape index (κ1) is 13.4. The zero-order valence-corrected chi connectivity index (χ0v) is 10.6. The third-order valence-electron chi connectivity index (χ3n) is 3.16. The van der Waals surface area contributed by atoms with E-state index in [0.29, 0.717) is 6.54 Å². The maximum absolute atomic E-state index is 11.8. The Labute approximate surface area is 96.8 Å². The molecule has 5 nitrogen and oxygen atoms in total. The molecule has 0 heterocycles. The van der Waals surface area contributed by atoms with Crippen molar-refractivity contribution in [3.05, 3.63) is 0 Å². The van der Waals surface area contributed by atoms with Crippen molar-refractivity contribution < 1.29 is 13.2 Å². The highest BCUT2D eigenvalue weighted by molar-refractivity contribution is 7.90. The lowest BCUT2D eigenvalue weighted by atomic mass is 9.96. The lowest BCUT2D eigenvalue weighted by Gasteiger charge is -2.18. The molecule has 1 aliphatic carbocycles. The van der Waals surface area contributed by atoms with Gasteiger partial charge in [-0.05, 0) is 39.2 Å². The van der Waals surface area contributed by atoms with Crippen molar-refractivity contribution in [3.8, 4) is 0 Å². The third-order valence-corrected chi connectivity index (χ3v) is 4.89. The first-order valence-corrected chi connectivity index (χ1v) is 7.18. The van der Waals surface area contributed by atoms with Gasteiger partial charge in [0.1, 0.15) is 0 Å². The summed E-state index contributed by atoms with van der Waals surface area (Å²) in [6.45, 7) is 3.54. The molecule has 16 heavy (non-hydrogen) atoms. The van der Waals surface area contributed by atoms with Crippen molar-refractivity contribution in [2.45, 2.75) is 38.4 Å². The third kappa shape index (κ3) is 2.95. The maximum atomic E-state index is 11.8. The van der Waals surface area contributed by atoms with Gasteiger partial charge in [0.2, 0.25) is 15.9 Å². The van der Waals surface area contributed by atoms with Gasteiger partial charge in [0.05, 0.1) is 5.25 Å². The SMILES string of the molecule is CC(C)S(=O)(=O)NC(=O)C1CCCC1CN. The Balaban J connectivity index is 2.66. The Morgan fingerprint density at radius 1 is 1.44 bits per heavy atom. The highest BCUT2D eigenvalue weighted by atomic mass is 32.2. The number of hydrogen-bond acceptors (Lipinski definition) is 4. The van der Waals surface area contributed by atoms with Crippen molar-refractivity contribution >= 4 is 15.9 Å². The summed E-state index contributed by atoms with van der Waals surface area (Å²) in [6.07, 6.45) is 2.60. The standard InChI is InChI=1S/C10H20N2O3S/c1-7(2)16(14,15)12-10(13)9-5-3-4-8(9)6-11/h7-9H,3-6,11H2,1-2H3,(H,12,13). The van der Waals surface area contributed by atoms with Gasteiger partial charge in [-0.1, -0.05) is 6.42 Å². The smallest absolute Gasteiger partial charge is 0.237 e. The summed E-state index contributed by atoms with van der Waals surface area (Å²) in [4.78, 5) is 11.8. The normalized spacial score (nSPS) is 26.0. The van der Waals surface area contributed by atoms with Gasteiger partial charge in [-0.15, -0.1) is 0 Å². The van der Waals surface area contributed by atoms with Crippen molar-refractivity contribution in [1.82, 2.24) is 4.72 Å². The van der Waals surface area contributed by atoms with Gasteiger partial charge in [-0.3, -0.25) is 9.52 Å². The molecule has 0 aromatic rings. The van der Waals surface area contributed by atoms with Crippen molar-refractivity contribution in [2.24, 2.45) is 17.6 Å². The van der Waals surface area contributed by atoms with Crippen LogP contribution in [0.1, 0.15) is 33.1 Å². The van der Waals surface area contributed by atoms with Crippen LogP contribution in [0.2, 0.25) is 0 Å². The summed E-state index contributed by atoms with van der Waals surface area (Å²) in [6, 6.07) is 0. The highest BCUT2D eigenvalue weighted by Crippen LogP contribution is 2.31. The molecule has 2 unspecified atom stereocenters. The van der Waals surface area contributed by atoms with Crippen molar-refractivity contribution in [2.75, 3.05) is 6.54 Å². The second kappa shape index (κ2) is 5.14. The molecule has 6 heteroatoms. The van der Waals surface area contributed by atoms with Gasteiger partial charge in [0.15, 0.2) is 0 Å². The van der Waals surface area contributed by atoms with Crippen LogP contribution in [0.25, 0.3) is 0 Å². The van der Waals surface area contributed by atoms with Crippen LogP contribution in [0.5, 0.6) is 0 Å². The monoisotopic (exact) mass is 248 g/mol. The van der Waals surface area contributed by atoms with Gasteiger partial charge in [0.25, 0.3) is 0 Å². The van der Waals surface area contributed by atoms with Crippen LogP contribution in [0.4, 0.5) is 0 Å². The maximum Gasteiger partial charge on any atom is 0.237 e. The van der Waals surface area contributed by atoms with Crippen LogP contribution in [-0.4, -0.2) is 26.1 Å². The fourth-order valence-corrected chi connectivity index (χ4v) is 2.67. The topological polar surface area (TPSA) is 89.3 Å². The number of nitrogens with two attached hydrogens (primary N) is 1. The van der Waals surface area contributed by atoms with E-state index >= 15 is 0 Å². The van der Waals surface area contributed by atoms with Crippen LogP contribution in [-0.2, 0) is 14.8 Å². The number of hydrogen-bond donors (Lipinski definition) is 2. The van der Waals surface area contributed by atoms with E-state index in [0.717, 1.165) is 19.3 Å². The molecule has 0 aromatic heterocycles. The Morgan fingerprint density at radius 3 is 2.56 bits per heavy atom. The molecule has 1 aliphatic rings. The molecule has 0 radical (unpaired) electrons. The van der Waals surface area contributed by atoms with E-state index in [1.54, 1.807) is 13.8 Å². The summed E-state index contributed by atoms with van der Waals surface area (Å²) in [5.41, 5.74) is 5.56. The van der Waals surface area contributed by atoms with Crippen LogP contribution < -0.4 is 10.5 Å². The Hall–Kier alpha value is -0.620. The molecule has 0 saturated heterocycles. The van der Waals surface area contributed by atoms with E-state index in [9.17, 15) is 13.2 Å². The van der Waals surface area contributed by atoms with Gasteiger partial charge >= 0.3 is 0 Å². The minimum atomic E-state index is -3.51. The molecule has 94 valence electrons. The summed E-state index contributed by atoms with van der Waals surface area (Å²) in [5.74, 6) is -0.498. The number of rotatable bonds is 4. The molecule has 2 atom stereocenters. The first-order chi connectivity index (χ1) is 7.38. The fraction of sp³-hybridized carbons (Fsp3) is 0.900. The fourth-order valence-electron chi connectivity index (χ4n) is 2.00. The van der Waals surface area contributed by atoms with E-state index in [1.807, 2.05) is 0 Å². The molecular formula is C10H20N2O3S. The predicted molar refractivity (Wildman–Crippen MR) is 62.1 cm³/mol. The zero-order chi connectivity index (χ0) is 12.3. The number of carbonyl (C=O) groups is 1. The number of nitrogens with one attached hydrogen (secondary N) is 1. The van der Waals surface area contributed by atoms with Gasteiger partial charge in [0, 0.05) is 5.92 Å². The summed E-state index contributed by atoms with van der Waals surface area (Å²) >= 11 is 0. The van der Waals surface area contributed by atoms with E-state index in [-0.39, 0.29) is 17.7 Å². The zero-order valence-electron chi connectivity index (χ0n) is 9.77. The van der Waals surface area contributed by atoms with E-state index < -0.39 is 15.3 Å². The van der Waals surface area contributed by atoms with Gasteiger partial charge in [-0.2, -0.15) is 0 Å². The average Bonchev–Trinajstić information content (AvgIpc) is 2.64. The van der Waals surface area contributed by atoms with Crippen molar-refractivity contribution in [1.29, 1.82) is 0 Å². The molecular weight excluding hydrogens is 228 g/mol. The molecule has 0 bridgehead atoms. The number of amides is 1. The molecule has 3 N–H and O–H groups in total. The van der Waals surface area contributed by atoms with Crippen LogP contribution in [0.15, 0.2) is 0 Å². The molecule has 1 saturated carbocycles. The van der Waals surface area contributed by atoms with E-state index in [2.05, 4.69) is 4.72 Å². The molecule has 1 fully saturated rings. The molecule has 1 rings (SSSR count). The molecule has 0 aromatic carbocycles. The molecule has 0 aliphatic heterocycles. The summed E-state index contributed by atoms with van der Waals surface area (Å²) < 4.78 is 25.2. The van der Waals surface area contributed by atoms with Gasteiger partial charge in [-0.25, -0.2) is 8.42 Å². The van der Waals surface area contributed by atoms with E-state index in [1.165, 1.54) is 0 Å². The van der Waals surface area contributed by atoms with E-state index in [4.69, 9.17) is 5.73 Å². The summed E-state index contributed by atoms with van der Waals surface area (Å²) in [5, 5.41) is -0.589. The first-order valence-electron chi connectivity index (χ1n) is 5.64. The van der Waals surface area contributed by atoms with Crippen molar-refractivity contribution in [3.63, 3.8) is 0 Å². The second-order valence-corrected chi connectivity index (χ2v) is 6.83. The average molecular weight is 248 g/mol. The Bertz CT molecular complexity index is 351. The lowest BCUT2D eigenvalue weighted by molar-refractivity contribution is -0.124. The predicted octanol–water partition coefficient (Wildman–Crippen LogP) is 0.216. The number of sulfonamides is 1. The number of carbonyl (C=O) groups excluding carboxylic acids is 1. The van der Waals surface area contributed by atoms with Gasteiger partial charge < -0.3 is 5.73 Å². The largest absolute Gasteiger partial charge is 0.330 e. The van der Waals surface area contributed by atoms with Crippen LogP contribution in [0.3, 0.4) is 0 Å². The minimum Gasteiger partial charge on any atom is -0.330 e.